The summed E-state index contributed by atoms with van der Waals surface area (Å²) >= 11 is 0. The van der Waals surface area contributed by atoms with Crippen LogP contribution in [0.3, 0.4) is 0 Å². The number of carbonyl (C=O) groups is 3. The topological polar surface area (TPSA) is 105 Å². The molecule has 2 aliphatic rings. The van der Waals surface area contributed by atoms with E-state index in [4.69, 9.17) is 14.6 Å². The third-order valence-corrected chi connectivity index (χ3v) is 5.66. The first-order valence-electron chi connectivity index (χ1n) is 9.69. The number of imidazole rings is 1. The number of rotatable bonds is 4. The number of aryl methyl sites for hydroxylation is 1. The van der Waals surface area contributed by atoms with Crippen molar-refractivity contribution in [2.75, 3.05) is 20.2 Å². The Labute approximate surface area is 174 Å². The van der Waals surface area contributed by atoms with Crippen LogP contribution in [0.5, 0.6) is 0 Å². The number of fused-ring (bicyclic) bond motifs is 1. The highest BCUT2D eigenvalue weighted by atomic mass is 16.5. The number of esters is 1. The van der Waals surface area contributed by atoms with Crippen LogP contribution in [0, 0.1) is 5.92 Å². The zero-order valence-corrected chi connectivity index (χ0v) is 17.0. The molecule has 0 saturated carbocycles. The molecule has 2 fully saturated rings. The SMILES string of the molecule is COC(=O)[C@H]1C[C@H]2CN(Cc3cncn3C)CC(=O)N2[C@H]1c1ccccc1.O=CO. The van der Waals surface area contributed by atoms with Gasteiger partial charge in [0, 0.05) is 32.4 Å². The minimum Gasteiger partial charge on any atom is -0.483 e. The van der Waals surface area contributed by atoms with E-state index in [0.717, 1.165) is 17.8 Å². The van der Waals surface area contributed by atoms with E-state index in [2.05, 4.69) is 9.88 Å². The fraction of sp³-hybridized carbons (Fsp3) is 0.429. The molecule has 2 aromatic rings. The van der Waals surface area contributed by atoms with Crippen molar-refractivity contribution >= 4 is 18.3 Å². The van der Waals surface area contributed by atoms with Gasteiger partial charge in [-0.15, -0.1) is 0 Å². The van der Waals surface area contributed by atoms with Crippen molar-refractivity contribution in [3.8, 4) is 0 Å². The van der Waals surface area contributed by atoms with Crippen molar-refractivity contribution in [1.29, 1.82) is 0 Å². The smallest absolute Gasteiger partial charge is 0.311 e. The molecule has 0 unspecified atom stereocenters. The van der Waals surface area contributed by atoms with Gasteiger partial charge in [-0.2, -0.15) is 0 Å². The molecule has 9 heteroatoms. The van der Waals surface area contributed by atoms with Gasteiger partial charge in [0.05, 0.1) is 37.6 Å². The van der Waals surface area contributed by atoms with Gasteiger partial charge in [0.15, 0.2) is 0 Å². The van der Waals surface area contributed by atoms with Crippen LogP contribution in [-0.4, -0.2) is 69.0 Å². The molecular weight excluding hydrogens is 388 g/mol. The van der Waals surface area contributed by atoms with Gasteiger partial charge < -0.3 is 19.3 Å². The molecule has 3 heterocycles. The van der Waals surface area contributed by atoms with Gasteiger partial charge in [0.2, 0.25) is 5.91 Å². The summed E-state index contributed by atoms with van der Waals surface area (Å²) in [5.74, 6) is -0.513. The number of benzene rings is 1. The van der Waals surface area contributed by atoms with Crippen LogP contribution in [0.4, 0.5) is 0 Å². The Morgan fingerprint density at radius 2 is 2.03 bits per heavy atom. The predicted molar refractivity (Wildman–Crippen MR) is 107 cm³/mol. The van der Waals surface area contributed by atoms with E-state index < -0.39 is 0 Å². The second-order valence-electron chi connectivity index (χ2n) is 7.45. The first-order chi connectivity index (χ1) is 14.5. The maximum Gasteiger partial charge on any atom is 0.311 e. The van der Waals surface area contributed by atoms with Crippen molar-refractivity contribution in [2.24, 2.45) is 13.0 Å². The number of nitrogens with zero attached hydrogens (tertiary/aromatic N) is 4. The summed E-state index contributed by atoms with van der Waals surface area (Å²) in [6.45, 7) is 1.51. The van der Waals surface area contributed by atoms with Crippen LogP contribution in [0.25, 0.3) is 0 Å². The highest BCUT2D eigenvalue weighted by molar-refractivity contribution is 5.83. The fourth-order valence-electron chi connectivity index (χ4n) is 4.42. The molecule has 9 nitrogen and oxygen atoms in total. The van der Waals surface area contributed by atoms with Crippen LogP contribution in [0.1, 0.15) is 23.7 Å². The summed E-state index contributed by atoms with van der Waals surface area (Å²) in [7, 11) is 3.37. The molecule has 0 bridgehead atoms. The maximum atomic E-state index is 13.0. The summed E-state index contributed by atoms with van der Waals surface area (Å²) in [4.78, 5) is 42.1. The van der Waals surface area contributed by atoms with Gasteiger partial charge in [0.25, 0.3) is 6.47 Å². The van der Waals surface area contributed by atoms with Crippen LogP contribution < -0.4 is 0 Å². The number of piperazine rings is 1. The van der Waals surface area contributed by atoms with Crippen LogP contribution in [0.15, 0.2) is 42.9 Å². The van der Waals surface area contributed by atoms with Crippen molar-refractivity contribution in [2.45, 2.75) is 25.0 Å². The third-order valence-electron chi connectivity index (χ3n) is 5.66. The molecule has 1 aromatic heterocycles. The molecule has 1 aromatic carbocycles. The lowest BCUT2D eigenvalue weighted by atomic mass is 9.93. The first kappa shape index (κ1) is 21.5. The summed E-state index contributed by atoms with van der Waals surface area (Å²) in [6, 6.07) is 9.55. The molecule has 1 N–H and O–H groups in total. The summed E-state index contributed by atoms with van der Waals surface area (Å²) in [5.41, 5.74) is 2.06. The van der Waals surface area contributed by atoms with Crippen molar-refractivity contribution < 1.29 is 24.2 Å². The van der Waals surface area contributed by atoms with Crippen LogP contribution >= 0.6 is 0 Å². The average Bonchev–Trinajstić information content (AvgIpc) is 3.32. The molecule has 30 heavy (non-hydrogen) atoms. The zero-order valence-electron chi connectivity index (χ0n) is 17.0. The van der Waals surface area contributed by atoms with E-state index in [0.29, 0.717) is 19.5 Å². The lowest BCUT2D eigenvalue weighted by Crippen LogP contribution is -2.54. The molecule has 0 spiro atoms. The largest absolute Gasteiger partial charge is 0.483 e. The van der Waals surface area contributed by atoms with Crippen molar-refractivity contribution in [3.05, 3.63) is 54.1 Å². The molecule has 1 amide bonds. The van der Waals surface area contributed by atoms with E-state index >= 15 is 0 Å². The van der Waals surface area contributed by atoms with E-state index in [1.54, 1.807) is 6.33 Å². The fourth-order valence-corrected chi connectivity index (χ4v) is 4.42. The number of hydrogen-bond acceptors (Lipinski definition) is 6. The van der Waals surface area contributed by atoms with E-state index in [9.17, 15) is 9.59 Å². The Bertz CT molecular complexity index is 885. The number of amides is 1. The summed E-state index contributed by atoms with van der Waals surface area (Å²) in [6.07, 6.45) is 4.22. The van der Waals surface area contributed by atoms with Gasteiger partial charge in [-0.05, 0) is 12.0 Å². The Kier molecular flexibility index (Phi) is 6.83. The summed E-state index contributed by atoms with van der Waals surface area (Å²) in [5, 5.41) is 6.89. The highest BCUT2D eigenvalue weighted by Crippen LogP contribution is 2.43. The standard InChI is InChI=1S/C20H24N4O3.CH2O2/c1-22-13-21-9-16(22)11-23-10-15-8-17(20(26)27-2)19(24(15)18(25)12-23)14-6-4-3-5-7-14;2-1-3/h3-7,9,13,15,17,19H,8,10-12H2,1-2H3;1H,(H,2,3)/t15-,17-,19-;/m0./s1. The Balaban J connectivity index is 0.000000806. The van der Waals surface area contributed by atoms with Crippen LogP contribution in [-0.2, 0) is 32.7 Å². The Morgan fingerprint density at radius 1 is 1.33 bits per heavy atom. The van der Waals surface area contributed by atoms with Crippen LogP contribution in [0.2, 0.25) is 0 Å². The molecule has 3 atom stereocenters. The number of methoxy groups -OCH3 is 1. The second kappa shape index (κ2) is 9.53. The highest BCUT2D eigenvalue weighted by Gasteiger charge is 2.50. The molecular formula is C21H26N4O5. The molecule has 0 aliphatic carbocycles. The lowest BCUT2D eigenvalue weighted by molar-refractivity contribution is -0.147. The number of hydrogen-bond donors (Lipinski definition) is 1. The number of aromatic nitrogens is 2. The second-order valence-corrected chi connectivity index (χ2v) is 7.45. The first-order valence-corrected chi connectivity index (χ1v) is 9.69. The third kappa shape index (κ3) is 4.35. The van der Waals surface area contributed by atoms with E-state index in [1.165, 1.54) is 7.11 Å². The summed E-state index contributed by atoms with van der Waals surface area (Å²) < 4.78 is 7.02. The molecule has 160 valence electrons. The van der Waals surface area contributed by atoms with Gasteiger partial charge in [-0.3, -0.25) is 19.3 Å². The normalized spacial score (nSPS) is 23.3. The average molecular weight is 414 g/mol. The predicted octanol–water partition coefficient (Wildman–Crippen LogP) is 1.07. The van der Waals surface area contributed by atoms with Gasteiger partial charge in [-0.1, -0.05) is 30.3 Å². The molecule has 2 saturated heterocycles. The lowest BCUT2D eigenvalue weighted by Gasteiger charge is -2.40. The van der Waals surface area contributed by atoms with E-state index in [-0.39, 0.29) is 36.4 Å². The monoisotopic (exact) mass is 414 g/mol. The number of ether oxygens (including phenoxy) is 1. The quantitative estimate of drug-likeness (QED) is 0.589. The number of carbonyl (C=O) groups excluding carboxylic acids is 2. The van der Waals surface area contributed by atoms with E-state index in [1.807, 2.05) is 53.0 Å². The minimum atomic E-state index is -0.331. The van der Waals surface area contributed by atoms with Gasteiger partial charge in [0.1, 0.15) is 0 Å². The minimum absolute atomic E-state index is 0.00813. The Morgan fingerprint density at radius 3 is 2.63 bits per heavy atom. The maximum absolute atomic E-state index is 13.0. The van der Waals surface area contributed by atoms with Crippen molar-refractivity contribution in [3.63, 3.8) is 0 Å². The van der Waals surface area contributed by atoms with Gasteiger partial charge >= 0.3 is 5.97 Å². The zero-order chi connectivity index (χ0) is 21.7. The molecule has 0 radical (unpaired) electrons. The van der Waals surface area contributed by atoms with Gasteiger partial charge in [-0.25, -0.2) is 4.98 Å². The number of carboxylic acid groups (broad SMARTS) is 1. The molecule has 2 aliphatic heterocycles. The molecule has 4 rings (SSSR count). The Hall–Kier alpha value is -3.20. The van der Waals surface area contributed by atoms with Crippen molar-refractivity contribution in [1.82, 2.24) is 19.4 Å².